The fraction of sp³-hybridized carbons (Fsp3) is 0.600. The molecule has 13 heavy (non-hydrogen) atoms. The lowest BCUT2D eigenvalue weighted by atomic mass is 10.2. The van der Waals surface area contributed by atoms with Gasteiger partial charge in [0.05, 0.1) is 0 Å². The summed E-state index contributed by atoms with van der Waals surface area (Å²) in [6, 6.07) is 0.0654. The first-order valence-electron chi connectivity index (χ1n) is 4.53. The van der Waals surface area contributed by atoms with Crippen LogP contribution in [0.15, 0.2) is 11.6 Å². The first-order valence-corrected chi connectivity index (χ1v) is 4.53. The largest absolute Gasteiger partial charge is 0.276 e. The number of amides is 2. The molecule has 0 aromatic carbocycles. The molecule has 3 nitrogen and oxygen atoms in total. The summed E-state index contributed by atoms with van der Waals surface area (Å²) in [5.74, 6) is -0.218. The second kappa shape index (κ2) is 3.73. The van der Waals surface area contributed by atoms with Gasteiger partial charge in [-0.2, -0.15) is 0 Å². The molecule has 1 atom stereocenters. The number of imide groups is 1. The Bertz CT molecular complexity index is 264. The van der Waals surface area contributed by atoms with Crippen molar-refractivity contribution in [2.45, 2.75) is 39.7 Å². The molecule has 0 saturated carbocycles. The van der Waals surface area contributed by atoms with E-state index in [4.69, 9.17) is 0 Å². The van der Waals surface area contributed by atoms with E-state index < -0.39 is 0 Å². The molecular formula is C10H15NO2. The van der Waals surface area contributed by atoms with Gasteiger partial charge < -0.3 is 0 Å². The van der Waals surface area contributed by atoms with Crippen molar-refractivity contribution in [1.29, 1.82) is 0 Å². The first-order chi connectivity index (χ1) is 6.02. The van der Waals surface area contributed by atoms with Gasteiger partial charge in [0.1, 0.15) is 0 Å². The molecule has 0 N–H and O–H groups in total. The van der Waals surface area contributed by atoms with Gasteiger partial charge >= 0.3 is 0 Å². The average molecular weight is 181 g/mol. The summed E-state index contributed by atoms with van der Waals surface area (Å²) >= 11 is 0. The number of nitrogens with zero attached hydrogens (tertiary/aromatic N) is 1. The summed E-state index contributed by atoms with van der Waals surface area (Å²) < 4.78 is 0. The highest BCUT2D eigenvalue weighted by Crippen LogP contribution is 2.18. The van der Waals surface area contributed by atoms with Gasteiger partial charge in [0.25, 0.3) is 5.91 Å². The molecule has 0 aromatic heterocycles. The molecule has 1 unspecified atom stereocenters. The molecule has 3 heteroatoms. The zero-order valence-corrected chi connectivity index (χ0v) is 8.33. The van der Waals surface area contributed by atoms with Crippen LogP contribution < -0.4 is 0 Å². The third kappa shape index (κ3) is 2.17. The SMILES string of the molecule is CC(C)=CC(=O)N1C(=O)CCC1C. The van der Waals surface area contributed by atoms with Crippen LogP contribution in [0.25, 0.3) is 0 Å². The maximum Gasteiger partial charge on any atom is 0.253 e. The number of carbonyl (C=O) groups is 2. The molecule has 72 valence electrons. The van der Waals surface area contributed by atoms with E-state index in [0.717, 1.165) is 12.0 Å². The molecule has 1 rings (SSSR count). The fourth-order valence-electron chi connectivity index (χ4n) is 1.48. The highest BCUT2D eigenvalue weighted by atomic mass is 16.2. The van der Waals surface area contributed by atoms with Crippen molar-refractivity contribution in [3.8, 4) is 0 Å². The smallest absolute Gasteiger partial charge is 0.253 e. The monoisotopic (exact) mass is 181 g/mol. The van der Waals surface area contributed by atoms with E-state index in [1.807, 2.05) is 20.8 Å². The standard InChI is InChI=1S/C10H15NO2/c1-7(2)6-10(13)11-8(3)4-5-9(11)12/h6,8H,4-5H2,1-3H3. The third-order valence-corrected chi connectivity index (χ3v) is 2.14. The summed E-state index contributed by atoms with van der Waals surface area (Å²) in [6.07, 6.45) is 2.81. The number of likely N-dealkylation sites (tertiary alicyclic amines) is 1. The molecule has 0 aromatic rings. The molecule has 0 bridgehead atoms. The van der Waals surface area contributed by atoms with Gasteiger partial charge in [-0.05, 0) is 27.2 Å². The van der Waals surface area contributed by atoms with Crippen molar-refractivity contribution in [3.63, 3.8) is 0 Å². The Morgan fingerprint density at radius 2 is 2.15 bits per heavy atom. The van der Waals surface area contributed by atoms with Gasteiger partial charge in [-0.1, -0.05) is 5.57 Å². The van der Waals surface area contributed by atoms with E-state index in [2.05, 4.69) is 0 Å². The van der Waals surface area contributed by atoms with Crippen LogP contribution in [-0.2, 0) is 9.59 Å². The van der Waals surface area contributed by atoms with Gasteiger partial charge in [-0.3, -0.25) is 14.5 Å². The predicted molar refractivity (Wildman–Crippen MR) is 50.0 cm³/mol. The van der Waals surface area contributed by atoms with Crippen molar-refractivity contribution >= 4 is 11.8 Å². The molecule has 1 heterocycles. The number of hydrogen-bond acceptors (Lipinski definition) is 2. The van der Waals surface area contributed by atoms with Crippen molar-refractivity contribution in [2.24, 2.45) is 0 Å². The first kappa shape index (κ1) is 9.96. The third-order valence-electron chi connectivity index (χ3n) is 2.14. The Morgan fingerprint density at radius 1 is 1.54 bits per heavy atom. The zero-order chi connectivity index (χ0) is 10.0. The van der Waals surface area contributed by atoms with E-state index in [-0.39, 0.29) is 17.9 Å². The molecule has 2 amide bonds. The minimum Gasteiger partial charge on any atom is -0.276 e. The van der Waals surface area contributed by atoms with Crippen LogP contribution in [0, 0.1) is 0 Å². The highest BCUT2D eigenvalue weighted by molar-refractivity contribution is 6.02. The van der Waals surface area contributed by atoms with Crippen LogP contribution in [0.3, 0.4) is 0 Å². The van der Waals surface area contributed by atoms with Crippen LogP contribution in [0.5, 0.6) is 0 Å². The van der Waals surface area contributed by atoms with Crippen molar-refractivity contribution < 1.29 is 9.59 Å². The van der Waals surface area contributed by atoms with Crippen LogP contribution in [0.1, 0.15) is 33.6 Å². The maximum atomic E-state index is 11.5. The van der Waals surface area contributed by atoms with Crippen LogP contribution in [0.4, 0.5) is 0 Å². The molecule has 1 aliphatic rings. The van der Waals surface area contributed by atoms with Crippen LogP contribution in [-0.4, -0.2) is 22.8 Å². The Morgan fingerprint density at radius 3 is 2.54 bits per heavy atom. The minimum atomic E-state index is -0.171. The lowest BCUT2D eigenvalue weighted by Gasteiger charge is -2.17. The molecule has 1 saturated heterocycles. The normalized spacial score (nSPS) is 21.9. The van der Waals surface area contributed by atoms with E-state index in [1.54, 1.807) is 0 Å². The van der Waals surface area contributed by atoms with Crippen LogP contribution >= 0.6 is 0 Å². The summed E-state index contributed by atoms with van der Waals surface area (Å²) in [6.45, 7) is 5.61. The van der Waals surface area contributed by atoms with Gasteiger partial charge in [0.2, 0.25) is 5.91 Å². The number of carbonyl (C=O) groups excluding carboxylic acids is 2. The van der Waals surface area contributed by atoms with E-state index >= 15 is 0 Å². The zero-order valence-electron chi connectivity index (χ0n) is 8.33. The molecule has 1 fully saturated rings. The van der Waals surface area contributed by atoms with Gasteiger partial charge in [-0.25, -0.2) is 0 Å². The molecule has 1 aliphatic heterocycles. The number of hydrogen-bond donors (Lipinski definition) is 0. The molecular weight excluding hydrogens is 166 g/mol. The average Bonchev–Trinajstić information content (AvgIpc) is 2.29. The van der Waals surface area contributed by atoms with E-state index in [0.29, 0.717) is 6.42 Å². The Labute approximate surface area is 78.4 Å². The molecule has 0 spiro atoms. The van der Waals surface area contributed by atoms with Gasteiger partial charge in [0, 0.05) is 18.5 Å². The second-order valence-corrected chi connectivity index (χ2v) is 3.71. The lowest BCUT2D eigenvalue weighted by molar-refractivity contribution is -0.140. The maximum absolute atomic E-state index is 11.5. The summed E-state index contributed by atoms with van der Waals surface area (Å²) in [4.78, 5) is 24.1. The fourth-order valence-corrected chi connectivity index (χ4v) is 1.48. The van der Waals surface area contributed by atoms with Gasteiger partial charge in [-0.15, -0.1) is 0 Å². The second-order valence-electron chi connectivity index (χ2n) is 3.71. The molecule has 0 radical (unpaired) electrons. The van der Waals surface area contributed by atoms with Crippen molar-refractivity contribution in [1.82, 2.24) is 4.90 Å². The lowest BCUT2D eigenvalue weighted by Crippen LogP contribution is -2.35. The predicted octanol–water partition coefficient (Wildman–Crippen LogP) is 1.49. The Kier molecular flexibility index (Phi) is 2.86. The minimum absolute atomic E-state index is 0.0463. The Balaban J connectivity index is 2.76. The summed E-state index contributed by atoms with van der Waals surface area (Å²) in [5.41, 5.74) is 0.928. The molecule has 0 aliphatic carbocycles. The number of rotatable bonds is 1. The Hall–Kier alpha value is -1.12. The number of allylic oxidation sites excluding steroid dienone is 1. The van der Waals surface area contributed by atoms with Crippen LogP contribution in [0.2, 0.25) is 0 Å². The van der Waals surface area contributed by atoms with E-state index in [1.165, 1.54) is 11.0 Å². The quantitative estimate of drug-likeness (QED) is 0.575. The van der Waals surface area contributed by atoms with Crippen molar-refractivity contribution in [2.75, 3.05) is 0 Å². The van der Waals surface area contributed by atoms with Gasteiger partial charge in [0.15, 0.2) is 0 Å². The topological polar surface area (TPSA) is 37.4 Å². The van der Waals surface area contributed by atoms with E-state index in [9.17, 15) is 9.59 Å². The summed E-state index contributed by atoms with van der Waals surface area (Å²) in [5, 5.41) is 0. The van der Waals surface area contributed by atoms with Crippen molar-refractivity contribution in [3.05, 3.63) is 11.6 Å². The highest BCUT2D eigenvalue weighted by Gasteiger charge is 2.31. The summed E-state index contributed by atoms with van der Waals surface area (Å²) in [7, 11) is 0.